The Morgan fingerprint density at radius 1 is 0.533 bits per heavy atom. The molecule has 9 heteroatoms. The number of hydrogen-bond donors (Lipinski definition) is 1. The SMILES string of the molecule is OC1(c2cc3c(c(Cc4ccc5c(c4)OCCO5)c2)OCC3)O[C@H](COCc2ccccc2)[C@@H](OCc2ccccc2)[C@H](OCc2ccccc2)[C@H]1OCc1ccccc1. The van der Waals surface area contributed by atoms with Gasteiger partial charge in [-0.3, -0.25) is 0 Å². The Hall–Kier alpha value is -5.52. The molecule has 9 nitrogen and oxygen atoms in total. The van der Waals surface area contributed by atoms with Gasteiger partial charge < -0.3 is 43.0 Å². The first-order chi connectivity index (χ1) is 29.6. The van der Waals surface area contributed by atoms with Gasteiger partial charge in [0.1, 0.15) is 43.4 Å². The topological polar surface area (TPSA) is 94.1 Å². The highest BCUT2D eigenvalue weighted by Crippen LogP contribution is 2.45. The third-order valence-corrected chi connectivity index (χ3v) is 11.2. The van der Waals surface area contributed by atoms with Gasteiger partial charge in [-0.05, 0) is 63.2 Å². The second-order valence-corrected chi connectivity index (χ2v) is 15.5. The molecule has 0 spiro atoms. The average Bonchev–Trinajstić information content (AvgIpc) is 3.79. The second kappa shape index (κ2) is 18.8. The Balaban J connectivity index is 1.12. The molecule has 308 valence electrons. The average molecular weight is 807 g/mol. The molecule has 0 bridgehead atoms. The first-order valence-electron chi connectivity index (χ1n) is 20.7. The van der Waals surface area contributed by atoms with E-state index in [1.54, 1.807) is 0 Å². The number of benzene rings is 6. The lowest BCUT2D eigenvalue weighted by molar-refractivity contribution is -0.378. The highest BCUT2D eigenvalue weighted by atomic mass is 16.7. The molecule has 0 radical (unpaired) electrons. The van der Waals surface area contributed by atoms with Crippen LogP contribution in [0, 0.1) is 0 Å². The summed E-state index contributed by atoms with van der Waals surface area (Å²) in [6.07, 6.45) is -2.13. The van der Waals surface area contributed by atoms with Crippen molar-refractivity contribution in [1.29, 1.82) is 0 Å². The monoisotopic (exact) mass is 806 g/mol. The summed E-state index contributed by atoms with van der Waals surface area (Å²) in [5.41, 5.74) is 7.40. The molecule has 6 aromatic rings. The summed E-state index contributed by atoms with van der Waals surface area (Å²) in [5, 5.41) is 13.5. The Labute approximate surface area is 351 Å². The summed E-state index contributed by atoms with van der Waals surface area (Å²) in [6.45, 7) is 2.76. The Morgan fingerprint density at radius 3 is 1.73 bits per heavy atom. The van der Waals surface area contributed by atoms with Crippen LogP contribution in [0.3, 0.4) is 0 Å². The molecule has 3 aliphatic rings. The lowest BCUT2D eigenvalue weighted by Gasteiger charge is -2.50. The minimum atomic E-state index is -2.01. The van der Waals surface area contributed by atoms with Crippen LogP contribution in [-0.2, 0) is 68.7 Å². The molecule has 1 saturated heterocycles. The molecule has 1 N–H and O–H groups in total. The Kier molecular flexibility index (Phi) is 12.5. The van der Waals surface area contributed by atoms with Gasteiger partial charge >= 0.3 is 0 Å². The molecule has 0 amide bonds. The Morgan fingerprint density at radius 2 is 1.10 bits per heavy atom. The molecule has 0 aliphatic carbocycles. The van der Waals surface area contributed by atoms with E-state index in [4.69, 9.17) is 37.9 Å². The summed E-state index contributed by atoms with van der Waals surface area (Å²) in [4.78, 5) is 0. The van der Waals surface area contributed by atoms with E-state index in [1.807, 2.05) is 152 Å². The van der Waals surface area contributed by atoms with E-state index in [1.165, 1.54) is 0 Å². The smallest absolute Gasteiger partial charge is 0.222 e. The van der Waals surface area contributed by atoms with Crippen LogP contribution in [0.25, 0.3) is 0 Å². The zero-order valence-electron chi connectivity index (χ0n) is 33.5. The van der Waals surface area contributed by atoms with Crippen LogP contribution in [0.15, 0.2) is 152 Å². The molecule has 3 aliphatic heterocycles. The van der Waals surface area contributed by atoms with Gasteiger partial charge in [0.05, 0.1) is 39.6 Å². The quantitative estimate of drug-likeness (QED) is 0.103. The molecule has 0 saturated carbocycles. The van der Waals surface area contributed by atoms with Crippen molar-refractivity contribution in [2.75, 3.05) is 26.4 Å². The standard InChI is InChI=1S/C51H50O9/c52-51(43-29-41-23-24-56-47(41)42(30-43)27-40-21-22-44-45(28-40)55-26-25-54-44)50(59-34-39-19-11-4-12-20-39)49(58-33-38-17-9-3-10-18-38)48(57-32-37-15-7-2-8-16-37)46(60-51)35-53-31-36-13-5-1-6-14-36/h1-22,28-30,46,48-50,52H,23-27,31-35H2/t46-,48-,49+,50-,51?/m1/s1. The highest BCUT2D eigenvalue weighted by molar-refractivity contribution is 5.52. The van der Waals surface area contributed by atoms with Crippen molar-refractivity contribution in [2.24, 2.45) is 0 Å². The first-order valence-corrected chi connectivity index (χ1v) is 20.7. The minimum absolute atomic E-state index is 0.116. The summed E-state index contributed by atoms with van der Waals surface area (Å²) in [7, 11) is 0. The van der Waals surface area contributed by atoms with E-state index >= 15 is 0 Å². The highest BCUT2D eigenvalue weighted by Gasteiger charge is 2.57. The van der Waals surface area contributed by atoms with Crippen LogP contribution in [0.4, 0.5) is 0 Å². The molecule has 3 heterocycles. The number of fused-ring (bicyclic) bond motifs is 2. The number of hydrogen-bond acceptors (Lipinski definition) is 9. The van der Waals surface area contributed by atoms with Crippen molar-refractivity contribution in [3.8, 4) is 17.2 Å². The molecule has 1 unspecified atom stereocenters. The molecule has 5 atom stereocenters. The third kappa shape index (κ3) is 9.27. The van der Waals surface area contributed by atoms with E-state index < -0.39 is 30.2 Å². The summed E-state index contributed by atoms with van der Waals surface area (Å²) in [5.74, 6) is 0.255. The third-order valence-electron chi connectivity index (χ3n) is 11.2. The van der Waals surface area contributed by atoms with E-state index in [-0.39, 0.29) is 26.4 Å². The molecule has 60 heavy (non-hydrogen) atoms. The predicted molar refractivity (Wildman–Crippen MR) is 226 cm³/mol. The predicted octanol–water partition coefficient (Wildman–Crippen LogP) is 8.50. The number of rotatable bonds is 16. The van der Waals surface area contributed by atoms with Crippen molar-refractivity contribution in [1.82, 2.24) is 0 Å². The zero-order valence-corrected chi connectivity index (χ0v) is 33.5. The lowest BCUT2D eigenvalue weighted by Crippen LogP contribution is -2.65. The van der Waals surface area contributed by atoms with Gasteiger partial charge in [0.2, 0.25) is 5.79 Å². The van der Waals surface area contributed by atoms with Gasteiger partial charge in [0.25, 0.3) is 0 Å². The summed E-state index contributed by atoms with van der Waals surface area (Å²) < 4.78 is 52.2. The molecule has 9 rings (SSSR count). The fourth-order valence-electron chi connectivity index (χ4n) is 8.23. The van der Waals surface area contributed by atoms with Crippen molar-refractivity contribution >= 4 is 0 Å². The van der Waals surface area contributed by atoms with E-state index in [0.717, 1.165) is 56.2 Å². The van der Waals surface area contributed by atoms with Crippen LogP contribution in [0.1, 0.15) is 44.5 Å². The molecular formula is C51H50O9. The van der Waals surface area contributed by atoms with E-state index in [0.29, 0.717) is 44.8 Å². The maximum Gasteiger partial charge on any atom is 0.222 e. The van der Waals surface area contributed by atoms with Gasteiger partial charge in [-0.15, -0.1) is 0 Å². The van der Waals surface area contributed by atoms with Crippen LogP contribution in [0.5, 0.6) is 17.2 Å². The largest absolute Gasteiger partial charge is 0.493 e. The van der Waals surface area contributed by atoms with Crippen molar-refractivity contribution in [2.45, 2.75) is 69.5 Å². The second-order valence-electron chi connectivity index (χ2n) is 15.5. The normalized spacial score (nSPS) is 21.9. The lowest BCUT2D eigenvalue weighted by atomic mass is 9.85. The van der Waals surface area contributed by atoms with Gasteiger partial charge in [-0.25, -0.2) is 0 Å². The molecule has 1 fully saturated rings. The van der Waals surface area contributed by atoms with Crippen molar-refractivity contribution in [3.05, 3.63) is 196 Å². The van der Waals surface area contributed by atoms with Gasteiger partial charge in [0.15, 0.2) is 11.5 Å². The van der Waals surface area contributed by atoms with Gasteiger partial charge in [0, 0.05) is 18.4 Å². The van der Waals surface area contributed by atoms with Gasteiger partial charge in [-0.2, -0.15) is 0 Å². The van der Waals surface area contributed by atoms with Crippen molar-refractivity contribution in [3.63, 3.8) is 0 Å². The zero-order chi connectivity index (χ0) is 40.6. The van der Waals surface area contributed by atoms with Gasteiger partial charge in [-0.1, -0.05) is 127 Å². The van der Waals surface area contributed by atoms with Crippen LogP contribution < -0.4 is 14.2 Å². The van der Waals surface area contributed by atoms with Crippen LogP contribution >= 0.6 is 0 Å². The number of ether oxygens (including phenoxy) is 8. The number of aliphatic hydroxyl groups is 1. The van der Waals surface area contributed by atoms with E-state index in [9.17, 15) is 5.11 Å². The fraction of sp³-hybridized carbons (Fsp3) is 0.294. The first kappa shape index (κ1) is 39.9. The van der Waals surface area contributed by atoms with Crippen LogP contribution in [-0.4, -0.2) is 55.9 Å². The molecular weight excluding hydrogens is 757 g/mol. The Bertz CT molecular complexity index is 2290. The summed E-state index contributed by atoms with van der Waals surface area (Å²) >= 11 is 0. The van der Waals surface area contributed by atoms with Crippen molar-refractivity contribution < 1.29 is 43.0 Å². The van der Waals surface area contributed by atoms with E-state index in [2.05, 4.69) is 0 Å². The maximum atomic E-state index is 13.5. The fourth-order valence-corrected chi connectivity index (χ4v) is 8.23. The molecule has 6 aromatic carbocycles. The summed E-state index contributed by atoms with van der Waals surface area (Å²) in [6, 6.07) is 50.0. The minimum Gasteiger partial charge on any atom is -0.493 e. The van der Waals surface area contributed by atoms with Crippen LogP contribution in [0.2, 0.25) is 0 Å². The maximum absolute atomic E-state index is 13.5. The molecule has 0 aromatic heterocycles.